The normalized spacial score (nSPS) is 10.2. The van der Waals surface area contributed by atoms with Crippen LogP contribution in [0.4, 0.5) is 0 Å². The zero-order valence-corrected chi connectivity index (χ0v) is 11.0. The highest BCUT2D eigenvalue weighted by Crippen LogP contribution is 2.15. The first kappa shape index (κ1) is 13.5. The molecule has 0 saturated carbocycles. The lowest BCUT2D eigenvalue weighted by Crippen LogP contribution is -2.24. The Kier molecular flexibility index (Phi) is 4.86. The summed E-state index contributed by atoms with van der Waals surface area (Å²) >= 11 is 5.76. The summed E-state index contributed by atoms with van der Waals surface area (Å²) in [6.45, 7) is 0.721. The summed E-state index contributed by atoms with van der Waals surface area (Å²) in [4.78, 5) is 11.5. The van der Waals surface area contributed by atoms with Gasteiger partial charge in [-0.05, 0) is 36.4 Å². The second kappa shape index (κ2) is 6.85. The Morgan fingerprint density at radius 3 is 2.74 bits per heavy atom. The SMILES string of the molecule is O=C(CCOc1ccc(Cl)cc1)NCc1ccco1. The maximum atomic E-state index is 11.5. The van der Waals surface area contributed by atoms with Gasteiger partial charge in [-0.3, -0.25) is 4.79 Å². The molecule has 100 valence electrons. The third-order valence-corrected chi connectivity index (χ3v) is 2.70. The molecule has 0 unspecified atom stereocenters. The van der Waals surface area contributed by atoms with Crippen LogP contribution in [0.15, 0.2) is 47.1 Å². The molecule has 4 nitrogen and oxygen atoms in total. The fraction of sp³-hybridized carbons (Fsp3) is 0.214. The van der Waals surface area contributed by atoms with E-state index in [1.807, 2.05) is 6.07 Å². The van der Waals surface area contributed by atoms with Crippen molar-refractivity contribution in [3.05, 3.63) is 53.4 Å². The van der Waals surface area contributed by atoms with Gasteiger partial charge in [-0.1, -0.05) is 11.6 Å². The molecule has 1 N–H and O–H groups in total. The summed E-state index contributed by atoms with van der Waals surface area (Å²) in [5.74, 6) is 1.35. The van der Waals surface area contributed by atoms with E-state index in [1.165, 1.54) is 0 Å². The van der Waals surface area contributed by atoms with Gasteiger partial charge in [0.05, 0.1) is 25.8 Å². The van der Waals surface area contributed by atoms with E-state index in [1.54, 1.807) is 36.6 Å². The maximum Gasteiger partial charge on any atom is 0.223 e. The minimum atomic E-state index is -0.0784. The summed E-state index contributed by atoms with van der Waals surface area (Å²) in [6.07, 6.45) is 1.87. The Bertz CT molecular complexity index is 508. The van der Waals surface area contributed by atoms with Crippen LogP contribution >= 0.6 is 11.6 Å². The largest absolute Gasteiger partial charge is 0.493 e. The molecular formula is C14H14ClNO3. The number of nitrogens with one attached hydrogen (secondary N) is 1. The Balaban J connectivity index is 1.65. The molecule has 1 aromatic carbocycles. The molecule has 2 aromatic rings. The number of carbonyl (C=O) groups is 1. The van der Waals surface area contributed by atoms with Crippen molar-refractivity contribution in [1.29, 1.82) is 0 Å². The molecule has 0 spiro atoms. The predicted octanol–water partition coefficient (Wildman–Crippen LogP) is 3.02. The molecule has 2 rings (SSSR count). The van der Waals surface area contributed by atoms with Crippen LogP contribution in [0.25, 0.3) is 0 Å². The van der Waals surface area contributed by atoms with Gasteiger partial charge in [0.15, 0.2) is 0 Å². The van der Waals surface area contributed by atoms with E-state index in [4.69, 9.17) is 20.8 Å². The number of ether oxygens (including phenoxy) is 1. The molecule has 0 aliphatic rings. The molecule has 19 heavy (non-hydrogen) atoms. The molecule has 0 aliphatic carbocycles. The van der Waals surface area contributed by atoms with Crippen molar-refractivity contribution >= 4 is 17.5 Å². The summed E-state index contributed by atoms with van der Waals surface area (Å²) < 4.78 is 10.5. The maximum absolute atomic E-state index is 11.5. The van der Waals surface area contributed by atoms with Crippen LogP contribution in [0.5, 0.6) is 5.75 Å². The van der Waals surface area contributed by atoms with Crippen molar-refractivity contribution in [3.8, 4) is 5.75 Å². The molecule has 0 radical (unpaired) electrons. The van der Waals surface area contributed by atoms with Gasteiger partial charge in [0.1, 0.15) is 11.5 Å². The van der Waals surface area contributed by atoms with E-state index in [-0.39, 0.29) is 5.91 Å². The molecule has 0 aliphatic heterocycles. The number of amides is 1. The highest BCUT2D eigenvalue weighted by atomic mass is 35.5. The topological polar surface area (TPSA) is 51.5 Å². The molecule has 1 heterocycles. The van der Waals surface area contributed by atoms with Crippen LogP contribution in [0.1, 0.15) is 12.2 Å². The van der Waals surface area contributed by atoms with E-state index < -0.39 is 0 Å². The van der Waals surface area contributed by atoms with Crippen molar-refractivity contribution in [3.63, 3.8) is 0 Å². The average Bonchev–Trinajstić information content (AvgIpc) is 2.92. The molecule has 0 saturated heterocycles. The highest BCUT2D eigenvalue weighted by Gasteiger charge is 2.03. The van der Waals surface area contributed by atoms with Gasteiger partial charge in [-0.25, -0.2) is 0 Å². The van der Waals surface area contributed by atoms with Crippen LogP contribution in [-0.4, -0.2) is 12.5 Å². The van der Waals surface area contributed by atoms with Crippen molar-refractivity contribution < 1.29 is 13.9 Å². The number of halogens is 1. The summed E-state index contributed by atoms with van der Waals surface area (Å²) in [6, 6.07) is 10.6. The molecule has 0 fully saturated rings. The van der Waals surface area contributed by atoms with Gasteiger partial charge in [-0.2, -0.15) is 0 Å². The molecule has 0 atom stereocenters. The third-order valence-electron chi connectivity index (χ3n) is 2.45. The van der Waals surface area contributed by atoms with E-state index >= 15 is 0 Å². The van der Waals surface area contributed by atoms with Crippen LogP contribution in [0, 0.1) is 0 Å². The summed E-state index contributed by atoms with van der Waals surface area (Å²) in [5.41, 5.74) is 0. The van der Waals surface area contributed by atoms with Crippen molar-refractivity contribution in [2.24, 2.45) is 0 Å². The first-order chi connectivity index (χ1) is 9.24. The van der Waals surface area contributed by atoms with E-state index in [0.29, 0.717) is 30.3 Å². The number of rotatable bonds is 6. The molecule has 0 bridgehead atoms. The zero-order valence-electron chi connectivity index (χ0n) is 10.3. The predicted molar refractivity (Wildman–Crippen MR) is 72.1 cm³/mol. The fourth-order valence-corrected chi connectivity index (χ4v) is 1.61. The zero-order chi connectivity index (χ0) is 13.5. The van der Waals surface area contributed by atoms with E-state index in [2.05, 4.69) is 5.32 Å². The molecular weight excluding hydrogens is 266 g/mol. The minimum Gasteiger partial charge on any atom is -0.493 e. The lowest BCUT2D eigenvalue weighted by atomic mass is 10.3. The van der Waals surface area contributed by atoms with Crippen molar-refractivity contribution in [1.82, 2.24) is 5.32 Å². The number of benzene rings is 1. The van der Waals surface area contributed by atoms with Crippen molar-refractivity contribution in [2.45, 2.75) is 13.0 Å². The first-order valence-corrected chi connectivity index (χ1v) is 6.29. The monoisotopic (exact) mass is 279 g/mol. The Hall–Kier alpha value is -1.94. The van der Waals surface area contributed by atoms with E-state index in [0.717, 1.165) is 5.76 Å². The van der Waals surface area contributed by atoms with Crippen LogP contribution in [0.3, 0.4) is 0 Å². The number of furan rings is 1. The van der Waals surface area contributed by atoms with Gasteiger partial charge in [-0.15, -0.1) is 0 Å². The van der Waals surface area contributed by atoms with Crippen LogP contribution in [0.2, 0.25) is 5.02 Å². The van der Waals surface area contributed by atoms with Gasteiger partial charge in [0.2, 0.25) is 5.91 Å². The first-order valence-electron chi connectivity index (χ1n) is 5.91. The second-order valence-electron chi connectivity index (χ2n) is 3.91. The molecule has 1 amide bonds. The van der Waals surface area contributed by atoms with Crippen molar-refractivity contribution in [2.75, 3.05) is 6.61 Å². The lowest BCUT2D eigenvalue weighted by molar-refractivity contribution is -0.121. The number of hydrogen-bond acceptors (Lipinski definition) is 3. The third kappa shape index (κ3) is 4.67. The summed E-state index contributed by atoms with van der Waals surface area (Å²) in [7, 11) is 0. The molecule has 5 heteroatoms. The smallest absolute Gasteiger partial charge is 0.223 e. The second-order valence-corrected chi connectivity index (χ2v) is 4.34. The molecule has 1 aromatic heterocycles. The van der Waals surface area contributed by atoms with Crippen LogP contribution in [-0.2, 0) is 11.3 Å². The van der Waals surface area contributed by atoms with Gasteiger partial charge >= 0.3 is 0 Å². The van der Waals surface area contributed by atoms with E-state index in [9.17, 15) is 4.79 Å². The van der Waals surface area contributed by atoms with Crippen LogP contribution < -0.4 is 10.1 Å². The van der Waals surface area contributed by atoms with Gasteiger partial charge in [0, 0.05) is 5.02 Å². The Morgan fingerprint density at radius 2 is 2.05 bits per heavy atom. The fourth-order valence-electron chi connectivity index (χ4n) is 1.48. The van der Waals surface area contributed by atoms with Gasteiger partial charge < -0.3 is 14.5 Å². The standard InChI is InChI=1S/C14H14ClNO3/c15-11-3-5-12(6-4-11)19-9-7-14(17)16-10-13-2-1-8-18-13/h1-6,8H,7,9-10H2,(H,16,17). The number of carbonyl (C=O) groups excluding carboxylic acids is 1. The highest BCUT2D eigenvalue weighted by molar-refractivity contribution is 6.30. The minimum absolute atomic E-state index is 0.0784. The van der Waals surface area contributed by atoms with Gasteiger partial charge in [0.25, 0.3) is 0 Å². The summed E-state index contributed by atoms with van der Waals surface area (Å²) in [5, 5.41) is 3.40. The quantitative estimate of drug-likeness (QED) is 0.884. The average molecular weight is 280 g/mol. The Morgan fingerprint density at radius 1 is 1.26 bits per heavy atom. The Labute approximate surface area is 116 Å². The number of hydrogen-bond donors (Lipinski definition) is 1. The lowest BCUT2D eigenvalue weighted by Gasteiger charge is -2.06.